The lowest BCUT2D eigenvalue weighted by Gasteiger charge is -2.30. The third-order valence-electron chi connectivity index (χ3n) is 4.32. The Balaban J connectivity index is 1.88. The van der Waals surface area contributed by atoms with Crippen molar-refractivity contribution in [1.82, 2.24) is 9.97 Å². The normalized spacial score (nSPS) is 16.0. The van der Waals surface area contributed by atoms with Gasteiger partial charge >= 0.3 is 0 Å². The van der Waals surface area contributed by atoms with Crippen LogP contribution in [0.4, 0.5) is 5.95 Å². The predicted molar refractivity (Wildman–Crippen MR) is 91.0 cm³/mol. The third kappa shape index (κ3) is 3.28. The maximum absolute atomic E-state index is 5.99. The Labute approximate surface area is 132 Å². The standard InChI is InChI=1S/C18H24N4/c1-3-14-4-6-15(7-5-14)17-12-13(2)20-18(21-17)22-10-8-16(19)9-11-22/h4-7,12,16H,3,8-11,19H2,1-2H3. The van der Waals surface area contributed by atoms with Gasteiger partial charge in [0.05, 0.1) is 5.69 Å². The molecule has 0 unspecified atom stereocenters. The van der Waals surface area contributed by atoms with Crippen LogP contribution in [-0.4, -0.2) is 29.1 Å². The molecule has 3 rings (SSSR count). The quantitative estimate of drug-likeness (QED) is 0.946. The first-order valence-corrected chi connectivity index (χ1v) is 8.11. The molecule has 0 aliphatic carbocycles. The van der Waals surface area contributed by atoms with Crippen LogP contribution < -0.4 is 10.6 Å². The Morgan fingerprint density at radius 1 is 1.14 bits per heavy atom. The van der Waals surface area contributed by atoms with E-state index in [9.17, 15) is 0 Å². The van der Waals surface area contributed by atoms with E-state index >= 15 is 0 Å². The minimum atomic E-state index is 0.321. The van der Waals surface area contributed by atoms with Crippen molar-refractivity contribution in [2.75, 3.05) is 18.0 Å². The molecule has 116 valence electrons. The van der Waals surface area contributed by atoms with Crippen LogP contribution in [0.5, 0.6) is 0 Å². The number of anilines is 1. The van der Waals surface area contributed by atoms with Crippen molar-refractivity contribution in [2.45, 2.75) is 39.2 Å². The smallest absolute Gasteiger partial charge is 0.226 e. The summed E-state index contributed by atoms with van der Waals surface area (Å²) in [6.45, 7) is 6.09. The number of aromatic nitrogens is 2. The number of nitrogens with two attached hydrogens (primary N) is 1. The van der Waals surface area contributed by atoms with Gasteiger partial charge in [0.2, 0.25) is 5.95 Å². The summed E-state index contributed by atoms with van der Waals surface area (Å²) in [6, 6.07) is 11.0. The maximum atomic E-state index is 5.99. The molecular formula is C18H24N4. The van der Waals surface area contributed by atoms with E-state index in [1.807, 2.05) is 6.92 Å². The van der Waals surface area contributed by atoms with Crippen LogP contribution >= 0.6 is 0 Å². The molecule has 1 saturated heterocycles. The summed E-state index contributed by atoms with van der Waals surface area (Å²) in [5, 5.41) is 0. The summed E-state index contributed by atoms with van der Waals surface area (Å²) < 4.78 is 0. The number of hydrogen-bond acceptors (Lipinski definition) is 4. The second-order valence-electron chi connectivity index (χ2n) is 6.07. The van der Waals surface area contributed by atoms with Crippen molar-refractivity contribution in [3.63, 3.8) is 0 Å². The molecule has 4 heteroatoms. The van der Waals surface area contributed by atoms with Crippen molar-refractivity contribution in [1.29, 1.82) is 0 Å². The number of rotatable bonds is 3. The van der Waals surface area contributed by atoms with Crippen LogP contribution in [0.15, 0.2) is 30.3 Å². The number of benzene rings is 1. The van der Waals surface area contributed by atoms with Crippen LogP contribution in [0.2, 0.25) is 0 Å². The Hall–Kier alpha value is -1.94. The fourth-order valence-electron chi connectivity index (χ4n) is 2.85. The lowest BCUT2D eigenvalue weighted by molar-refractivity contribution is 0.495. The SMILES string of the molecule is CCc1ccc(-c2cc(C)nc(N3CCC(N)CC3)n2)cc1. The van der Waals surface area contributed by atoms with E-state index in [2.05, 4.69) is 47.1 Å². The van der Waals surface area contributed by atoms with E-state index in [0.29, 0.717) is 6.04 Å². The average Bonchev–Trinajstić information content (AvgIpc) is 2.55. The Morgan fingerprint density at radius 3 is 2.45 bits per heavy atom. The van der Waals surface area contributed by atoms with Crippen molar-refractivity contribution < 1.29 is 0 Å². The monoisotopic (exact) mass is 296 g/mol. The predicted octanol–water partition coefficient (Wildman–Crippen LogP) is 2.94. The molecule has 0 radical (unpaired) electrons. The molecule has 2 heterocycles. The molecule has 1 aliphatic heterocycles. The lowest BCUT2D eigenvalue weighted by atomic mass is 10.1. The molecule has 0 bridgehead atoms. The molecular weight excluding hydrogens is 272 g/mol. The first kappa shape index (κ1) is 15.0. The first-order chi connectivity index (χ1) is 10.7. The van der Waals surface area contributed by atoms with Gasteiger partial charge in [0.15, 0.2) is 0 Å². The van der Waals surface area contributed by atoms with Gasteiger partial charge in [-0.1, -0.05) is 31.2 Å². The molecule has 1 aromatic carbocycles. The maximum Gasteiger partial charge on any atom is 0.226 e. The molecule has 1 fully saturated rings. The highest BCUT2D eigenvalue weighted by molar-refractivity contribution is 5.61. The minimum absolute atomic E-state index is 0.321. The van der Waals surface area contributed by atoms with Crippen LogP contribution in [0.3, 0.4) is 0 Å². The summed E-state index contributed by atoms with van der Waals surface area (Å²) in [7, 11) is 0. The molecule has 0 spiro atoms. The van der Waals surface area contributed by atoms with Gasteiger partial charge in [-0.05, 0) is 37.8 Å². The minimum Gasteiger partial charge on any atom is -0.341 e. The number of hydrogen-bond donors (Lipinski definition) is 1. The molecule has 2 N–H and O–H groups in total. The molecule has 22 heavy (non-hydrogen) atoms. The zero-order chi connectivity index (χ0) is 15.5. The van der Waals surface area contributed by atoms with Gasteiger partial charge in [0.1, 0.15) is 0 Å². The molecule has 0 saturated carbocycles. The molecule has 0 atom stereocenters. The van der Waals surface area contributed by atoms with E-state index in [0.717, 1.165) is 55.3 Å². The summed E-state index contributed by atoms with van der Waals surface area (Å²) in [5.41, 5.74) is 10.5. The van der Waals surface area contributed by atoms with E-state index in [4.69, 9.17) is 10.7 Å². The van der Waals surface area contributed by atoms with E-state index in [-0.39, 0.29) is 0 Å². The third-order valence-corrected chi connectivity index (χ3v) is 4.32. The second-order valence-corrected chi connectivity index (χ2v) is 6.07. The highest BCUT2D eigenvalue weighted by Crippen LogP contribution is 2.23. The molecule has 2 aromatic rings. The average molecular weight is 296 g/mol. The Kier molecular flexibility index (Phi) is 4.39. The number of aryl methyl sites for hydroxylation is 2. The van der Waals surface area contributed by atoms with Gasteiger partial charge in [0, 0.05) is 30.4 Å². The second kappa shape index (κ2) is 6.44. The summed E-state index contributed by atoms with van der Waals surface area (Å²) in [4.78, 5) is 11.6. The fourth-order valence-corrected chi connectivity index (χ4v) is 2.85. The molecule has 1 aliphatic rings. The van der Waals surface area contributed by atoms with Crippen molar-refractivity contribution in [3.8, 4) is 11.3 Å². The van der Waals surface area contributed by atoms with Gasteiger partial charge in [-0.3, -0.25) is 0 Å². The van der Waals surface area contributed by atoms with Gasteiger partial charge < -0.3 is 10.6 Å². The zero-order valence-electron chi connectivity index (χ0n) is 13.4. The number of piperidine rings is 1. The Bertz CT molecular complexity index is 628. The van der Waals surface area contributed by atoms with Crippen molar-refractivity contribution in [3.05, 3.63) is 41.6 Å². The first-order valence-electron chi connectivity index (χ1n) is 8.11. The van der Waals surface area contributed by atoms with Crippen LogP contribution in [0.25, 0.3) is 11.3 Å². The topological polar surface area (TPSA) is 55.0 Å². The van der Waals surface area contributed by atoms with Gasteiger partial charge in [0.25, 0.3) is 0 Å². The lowest BCUT2D eigenvalue weighted by Crippen LogP contribution is -2.40. The zero-order valence-corrected chi connectivity index (χ0v) is 13.4. The van der Waals surface area contributed by atoms with E-state index < -0.39 is 0 Å². The van der Waals surface area contributed by atoms with Crippen LogP contribution in [0, 0.1) is 6.92 Å². The summed E-state index contributed by atoms with van der Waals surface area (Å²) >= 11 is 0. The van der Waals surface area contributed by atoms with Crippen LogP contribution in [-0.2, 0) is 6.42 Å². The number of nitrogens with zero attached hydrogens (tertiary/aromatic N) is 3. The van der Waals surface area contributed by atoms with Gasteiger partial charge in [-0.15, -0.1) is 0 Å². The van der Waals surface area contributed by atoms with E-state index in [1.54, 1.807) is 0 Å². The molecule has 1 aromatic heterocycles. The molecule has 4 nitrogen and oxygen atoms in total. The van der Waals surface area contributed by atoms with Gasteiger partial charge in [-0.25, -0.2) is 9.97 Å². The summed E-state index contributed by atoms with van der Waals surface area (Å²) in [6.07, 6.45) is 3.08. The van der Waals surface area contributed by atoms with Crippen molar-refractivity contribution >= 4 is 5.95 Å². The molecule has 0 amide bonds. The van der Waals surface area contributed by atoms with Crippen molar-refractivity contribution in [2.24, 2.45) is 5.73 Å². The van der Waals surface area contributed by atoms with Crippen LogP contribution in [0.1, 0.15) is 31.0 Å². The summed E-state index contributed by atoms with van der Waals surface area (Å²) in [5.74, 6) is 0.835. The fraction of sp³-hybridized carbons (Fsp3) is 0.444. The van der Waals surface area contributed by atoms with Gasteiger partial charge in [-0.2, -0.15) is 0 Å². The highest BCUT2D eigenvalue weighted by Gasteiger charge is 2.19. The Morgan fingerprint density at radius 2 is 1.82 bits per heavy atom. The van der Waals surface area contributed by atoms with E-state index in [1.165, 1.54) is 5.56 Å². The highest BCUT2D eigenvalue weighted by atomic mass is 15.3. The largest absolute Gasteiger partial charge is 0.341 e.